The Balaban J connectivity index is 1.68. The SMILES string of the molecule is CNC(CCc1ccc2c(c1)CCO2)c1sccc1OC. The Morgan fingerprint density at radius 1 is 1.38 bits per heavy atom. The fraction of sp³-hybridized carbons (Fsp3) is 0.412. The second-order valence-corrected chi connectivity index (χ2v) is 6.22. The Morgan fingerprint density at radius 3 is 3.10 bits per heavy atom. The van der Waals surface area contributed by atoms with E-state index in [9.17, 15) is 0 Å². The monoisotopic (exact) mass is 303 g/mol. The van der Waals surface area contributed by atoms with Crippen molar-refractivity contribution in [3.05, 3.63) is 45.6 Å². The quantitative estimate of drug-likeness (QED) is 0.884. The van der Waals surface area contributed by atoms with Gasteiger partial charge in [-0.2, -0.15) is 0 Å². The van der Waals surface area contributed by atoms with Crippen LogP contribution in [0.25, 0.3) is 0 Å². The molecule has 0 bridgehead atoms. The van der Waals surface area contributed by atoms with Crippen LogP contribution in [0.4, 0.5) is 0 Å². The molecule has 4 heteroatoms. The first kappa shape index (κ1) is 14.4. The van der Waals surface area contributed by atoms with Crippen molar-refractivity contribution in [3.8, 4) is 11.5 Å². The maximum absolute atomic E-state index is 5.56. The molecular weight excluding hydrogens is 282 g/mol. The van der Waals surface area contributed by atoms with Crippen LogP contribution >= 0.6 is 11.3 Å². The minimum absolute atomic E-state index is 0.337. The minimum Gasteiger partial charge on any atom is -0.496 e. The van der Waals surface area contributed by atoms with Crippen LogP contribution in [0.3, 0.4) is 0 Å². The maximum atomic E-state index is 5.56. The van der Waals surface area contributed by atoms with Crippen LogP contribution in [0, 0.1) is 0 Å². The number of fused-ring (bicyclic) bond motifs is 1. The smallest absolute Gasteiger partial charge is 0.134 e. The number of nitrogens with one attached hydrogen (secondary N) is 1. The summed E-state index contributed by atoms with van der Waals surface area (Å²) in [6.07, 6.45) is 3.16. The number of aryl methyl sites for hydroxylation is 1. The van der Waals surface area contributed by atoms with E-state index in [0.717, 1.165) is 37.4 Å². The second kappa shape index (κ2) is 6.50. The van der Waals surface area contributed by atoms with E-state index in [1.807, 2.05) is 13.1 Å². The van der Waals surface area contributed by atoms with Gasteiger partial charge in [0.1, 0.15) is 11.5 Å². The van der Waals surface area contributed by atoms with E-state index in [1.54, 1.807) is 18.4 Å². The summed E-state index contributed by atoms with van der Waals surface area (Å²) >= 11 is 1.75. The van der Waals surface area contributed by atoms with Gasteiger partial charge >= 0.3 is 0 Å². The zero-order valence-electron chi connectivity index (χ0n) is 12.5. The van der Waals surface area contributed by atoms with Crippen molar-refractivity contribution in [2.75, 3.05) is 20.8 Å². The van der Waals surface area contributed by atoms with E-state index in [0.29, 0.717) is 6.04 Å². The number of benzene rings is 1. The molecule has 1 aliphatic heterocycles. The second-order valence-electron chi connectivity index (χ2n) is 5.27. The summed E-state index contributed by atoms with van der Waals surface area (Å²) in [6.45, 7) is 0.824. The van der Waals surface area contributed by atoms with Gasteiger partial charge in [-0.25, -0.2) is 0 Å². The van der Waals surface area contributed by atoms with Crippen LogP contribution in [-0.4, -0.2) is 20.8 Å². The summed E-state index contributed by atoms with van der Waals surface area (Å²) in [5, 5.41) is 5.50. The molecule has 0 saturated carbocycles. The molecule has 1 aliphatic rings. The molecule has 3 rings (SSSR count). The van der Waals surface area contributed by atoms with Crippen LogP contribution in [0.15, 0.2) is 29.6 Å². The van der Waals surface area contributed by atoms with Crippen molar-refractivity contribution in [1.82, 2.24) is 5.32 Å². The van der Waals surface area contributed by atoms with Gasteiger partial charge in [0.15, 0.2) is 0 Å². The number of ether oxygens (including phenoxy) is 2. The molecule has 3 nitrogen and oxygen atoms in total. The molecule has 1 N–H and O–H groups in total. The molecule has 1 aromatic carbocycles. The molecule has 2 aromatic rings. The summed E-state index contributed by atoms with van der Waals surface area (Å²) < 4.78 is 11.0. The van der Waals surface area contributed by atoms with Crippen molar-refractivity contribution >= 4 is 11.3 Å². The van der Waals surface area contributed by atoms with E-state index in [1.165, 1.54) is 16.0 Å². The highest BCUT2D eigenvalue weighted by atomic mass is 32.1. The first-order valence-corrected chi connectivity index (χ1v) is 8.23. The van der Waals surface area contributed by atoms with E-state index >= 15 is 0 Å². The van der Waals surface area contributed by atoms with Gasteiger partial charge in [-0.15, -0.1) is 11.3 Å². The minimum atomic E-state index is 0.337. The first-order valence-electron chi connectivity index (χ1n) is 7.35. The summed E-state index contributed by atoms with van der Waals surface area (Å²) in [4.78, 5) is 1.28. The Hall–Kier alpha value is -1.52. The van der Waals surface area contributed by atoms with Crippen molar-refractivity contribution in [2.45, 2.75) is 25.3 Å². The van der Waals surface area contributed by atoms with Gasteiger partial charge in [0, 0.05) is 12.5 Å². The molecule has 112 valence electrons. The molecule has 0 saturated heterocycles. The zero-order chi connectivity index (χ0) is 14.7. The molecule has 0 spiro atoms. The first-order chi connectivity index (χ1) is 10.3. The van der Waals surface area contributed by atoms with Gasteiger partial charge in [-0.05, 0) is 48.5 Å². The Bertz CT molecular complexity index is 609. The van der Waals surface area contributed by atoms with E-state index < -0.39 is 0 Å². The fourth-order valence-corrected chi connectivity index (χ4v) is 3.85. The average molecular weight is 303 g/mol. The van der Waals surface area contributed by atoms with Gasteiger partial charge in [0.25, 0.3) is 0 Å². The molecule has 21 heavy (non-hydrogen) atoms. The predicted molar refractivity (Wildman–Crippen MR) is 86.6 cm³/mol. The topological polar surface area (TPSA) is 30.5 Å². The molecule has 0 aliphatic carbocycles. The number of methoxy groups -OCH3 is 1. The van der Waals surface area contributed by atoms with E-state index in [-0.39, 0.29) is 0 Å². The van der Waals surface area contributed by atoms with Crippen molar-refractivity contribution in [2.24, 2.45) is 0 Å². The van der Waals surface area contributed by atoms with Crippen LogP contribution in [0.5, 0.6) is 11.5 Å². The van der Waals surface area contributed by atoms with Crippen LogP contribution < -0.4 is 14.8 Å². The Kier molecular flexibility index (Phi) is 4.46. The number of rotatable bonds is 6. The lowest BCUT2D eigenvalue weighted by molar-refractivity contribution is 0.357. The third-order valence-electron chi connectivity index (χ3n) is 4.02. The highest BCUT2D eigenvalue weighted by molar-refractivity contribution is 7.10. The van der Waals surface area contributed by atoms with Gasteiger partial charge in [0.05, 0.1) is 18.6 Å². The van der Waals surface area contributed by atoms with E-state index in [4.69, 9.17) is 9.47 Å². The van der Waals surface area contributed by atoms with Gasteiger partial charge in [0.2, 0.25) is 0 Å². The van der Waals surface area contributed by atoms with Gasteiger partial charge < -0.3 is 14.8 Å². The lowest BCUT2D eigenvalue weighted by atomic mass is 10.0. The summed E-state index contributed by atoms with van der Waals surface area (Å²) in [6, 6.07) is 8.96. The molecule has 0 fully saturated rings. The van der Waals surface area contributed by atoms with Crippen LogP contribution in [-0.2, 0) is 12.8 Å². The summed E-state index contributed by atoms with van der Waals surface area (Å²) in [7, 11) is 3.75. The van der Waals surface area contributed by atoms with Crippen LogP contribution in [0.1, 0.15) is 28.5 Å². The number of hydrogen-bond donors (Lipinski definition) is 1. The van der Waals surface area contributed by atoms with Gasteiger partial charge in [-0.3, -0.25) is 0 Å². The largest absolute Gasteiger partial charge is 0.496 e. The summed E-state index contributed by atoms with van der Waals surface area (Å²) in [5.74, 6) is 2.05. The van der Waals surface area contributed by atoms with Crippen molar-refractivity contribution < 1.29 is 9.47 Å². The average Bonchev–Trinajstić information content (AvgIpc) is 3.16. The van der Waals surface area contributed by atoms with Crippen LogP contribution in [0.2, 0.25) is 0 Å². The van der Waals surface area contributed by atoms with Crippen molar-refractivity contribution in [3.63, 3.8) is 0 Å². The number of thiophene rings is 1. The molecule has 2 heterocycles. The fourth-order valence-electron chi connectivity index (χ4n) is 2.84. The highest BCUT2D eigenvalue weighted by Crippen LogP contribution is 2.33. The maximum Gasteiger partial charge on any atom is 0.134 e. The Labute approximate surface area is 129 Å². The molecule has 1 atom stereocenters. The van der Waals surface area contributed by atoms with Crippen molar-refractivity contribution in [1.29, 1.82) is 0 Å². The Morgan fingerprint density at radius 2 is 2.29 bits per heavy atom. The molecule has 1 unspecified atom stereocenters. The third kappa shape index (κ3) is 3.06. The third-order valence-corrected chi connectivity index (χ3v) is 5.03. The molecule has 1 aromatic heterocycles. The normalized spacial score (nSPS) is 14.6. The summed E-state index contributed by atoms with van der Waals surface area (Å²) in [5.41, 5.74) is 2.73. The standard InChI is InChI=1S/C17H21NO2S/c1-18-14(17-16(19-2)8-10-21-17)5-3-12-4-6-15-13(11-12)7-9-20-15/h4,6,8,10-11,14,18H,3,5,7,9H2,1-2H3. The lowest BCUT2D eigenvalue weighted by Gasteiger charge is -2.16. The number of hydrogen-bond acceptors (Lipinski definition) is 4. The molecule has 0 radical (unpaired) electrons. The highest BCUT2D eigenvalue weighted by Gasteiger charge is 2.17. The predicted octanol–water partition coefficient (Wildman–Crippen LogP) is 3.58. The molecular formula is C17H21NO2S. The van der Waals surface area contributed by atoms with E-state index in [2.05, 4.69) is 28.9 Å². The lowest BCUT2D eigenvalue weighted by Crippen LogP contribution is -2.16. The zero-order valence-corrected chi connectivity index (χ0v) is 13.3. The molecule has 0 amide bonds. The van der Waals surface area contributed by atoms with Gasteiger partial charge in [-0.1, -0.05) is 12.1 Å².